The lowest BCUT2D eigenvalue weighted by Gasteiger charge is -2.23. The van der Waals surface area contributed by atoms with E-state index < -0.39 is 5.91 Å². The number of amides is 1. The van der Waals surface area contributed by atoms with Crippen molar-refractivity contribution in [2.24, 2.45) is 0 Å². The Bertz CT molecular complexity index is 1320. The second-order valence-electron chi connectivity index (χ2n) is 7.59. The summed E-state index contributed by atoms with van der Waals surface area (Å²) < 4.78 is 0. The highest BCUT2D eigenvalue weighted by molar-refractivity contribution is 6.12. The lowest BCUT2D eigenvalue weighted by molar-refractivity contribution is -0.112. The van der Waals surface area contributed by atoms with E-state index in [9.17, 15) is 10.1 Å². The summed E-state index contributed by atoms with van der Waals surface area (Å²) in [5.74, 6) is -0.447. The Balaban J connectivity index is 1.50. The SMILES string of the molecule is CCN(Cc1ccccc1)c1ccc(/C=C(\C#N)C(=O)Nc2cccc3ncccc23)cc1. The van der Waals surface area contributed by atoms with Crippen molar-refractivity contribution in [3.63, 3.8) is 0 Å². The van der Waals surface area contributed by atoms with Crippen LogP contribution in [0.4, 0.5) is 11.4 Å². The molecule has 1 heterocycles. The second-order valence-corrected chi connectivity index (χ2v) is 7.59. The predicted octanol–water partition coefficient (Wildman–Crippen LogP) is 5.81. The number of carbonyl (C=O) groups is 1. The number of carbonyl (C=O) groups excluding carboxylic acids is 1. The molecular weight excluding hydrogens is 408 g/mol. The van der Waals surface area contributed by atoms with E-state index in [0.29, 0.717) is 5.69 Å². The van der Waals surface area contributed by atoms with Crippen LogP contribution >= 0.6 is 0 Å². The van der Waals surface area contributed by atoms with Gasteiger partial charge < -0.3 is 10.2 Å². The lowest BCUT2D eigenvalue weighted by Crippen LogP contribution is -2.21. The van der Waals surface area contributed by atoms with Gasteiger partial charge >= 0.3 is 0 Å². The minimum atomic E-state index is -0.447. The fourth-order valence-electron chi connectivity index (χ4n) is 3.69. The van der Waals surface area contributed by atoms with E-state index in [2.05, 4.69) is 34.3 Å². The average molecular weight is 433 g/mol. The maximum absolute atomic E-state index is 12.8. The van der Waals surface area contributed by atoms with Gasteiger partial charge in [-0.25, -0.2) is 0 Å². The van der Waals surface area contributed by atoms with Crippen molar-refractivity contribution in [3.8, 4) is 6.07 Å². The molecular formula is C28H24N4O. The Morgan fingerprint density at radius 2 is 1.79 bits per heavy atom. The van der Waals surface area contributed by atoms with Crippen LogP contribution in [0.3, 0.4) is 0 Å². The first kappa shape index (κ1) is 21.8. The normalized spacial score (nSPS) is 11.1. The number of fused-ring (bicyclic) bond motifs is 1. The van der Waals surface area contributed by atoms with E-state index in [1.54, 1.807) is 18.3 Å². The Labute approximate surface area is 193 Å². The van der Waals surface area contributed by atoms with Crippen LogP contribution in [0.5, 0.6) is 0 Å². The molecule has 5 heteroatoms. The zero-order valence-corrected chi connectivity index (χ0v) is 18.4. The van der Waals surface area contributed by atoms with Crippen LogP contribution < -0.4 is 10.2 Å². The van der Waals surface area contributed by atoms with E-state index in [4.69, 9.17) is 0 Å². The first-order valence-corrected chi connectivity index (χ1v) is 10.8. The summed E-state index contributed by atoms with van der Waals surface area (Å²) in [6.07, 6.45) is 3.31. The van der Waals surface area contributed by atoms with Crippen molar-refractivity contribution in [1.29, 1.82) is 5.26 Å². The van der Waals surface area contributed by atoms with E-state index in [-0.39, 0.29) is 5.57 Å². The Morgan fingerprint density at radius 3 is 2.52 bits per heavy atom. The van der Waals surface area contributed by atoms with Gasteiger partial charge in [0.1, 0.15) is 11.6 Å². The van der Waals surface area contributed by atoms with Crippen LogP contribution in [0.1, 0.15) is 18.1 Å². The van der Waals surface area contributed by atoms with Gasteiger partial charge in [-0.2, -0.15) is 5.26 Å². The molecule has 4 aromatic rings. The molecule has 0 aliphatic carbocycles. The largest absolute Gasteiger partial charge is 0.367 e. The van der Waals surface area contributed by atoms with E-state index in [1.807, 2.05) is 72.8 Å². The molecule has 0 aliphatic heterocycles. The fraction of sp³-hybridized carbons (Fsp3) is 0.107. The molecule has 0 atom stereocenters. The maximum atomic E-state index is 12.8. The maximum Gasteiger partial charge on any atom is 0.266 e. The van der Waals surface area contributed by atoms with Gasteiger partial charge in [0.25, 0.3) is 5.91 Å². The summed E-state index contributed by atoms with van der Waals surface area (Å²) in [6.45, 7) is 3.81. The van der Waals surface area contributed by atoms with Gasteiger partial charge in [0, 0.05) is 30.4 Å². The van der Waals surface area contributed by atoms with Crippen molar-refractivity contribution in [2.45, 2.75) is 13.5 Å². The Hall–Kier alpha value is -4.43. The van der Waals surface area contributed by atoms with Crippen molar-refractivity contribution in [2.75, 3.05) is 16.8 Å². The van der Waals surface area contributed by atoms with Gasteiger partial charge in [-0.15, -0.1) is 0 Å². The monoisotopic (exact) mass is 432 g/mol. The molecule has 4 rings (SSSR count). The number of nitrogens with one attached hydrogen (secondary N) is 1. The fourth-order valence-corrected chi connectivity index (χ4v) is 3.69. The van der Waals surface area contributed by atoms with Gasteiger partial charge in [0.15, 0.2) is 0 Å². The smallest absolute Gasteiger partial charge is 0.266 e. The third-order valence-electron chi connectivity index (χ3n) is 5.43. The van der Waals surface area contributed by atoms with E-state index >= 15 is 0 Å². The van der Waals surface area contributed by atoms with Crippen LogP contribution in [0, 0.1) is 11.3 Å². The summed E-state index contributed by atoms with van der Waals surface area (Å²) in [6, 6.07) is 29.5. The molecule has 33 heavy (non-hydrogen) atoms. The molecule has 0 bridgehead atoms. The average Bonchev–Trinajstić information content (AvgIpc) is 2.87. The number of hydrogen-bond acceptors (Lipinski definition) is 4. The van der Waals surface area contributed by atoms with Gasteiger partial charge in [0.05, 0.1) is 11.2 Å². The lowest BCUT2D eigenvalue weighted by atomic mass is 10.1. The number of rotatable bonds is 7. The number of nitriles is 1. The van der Waals surface area contributed by atoms with Crippen molar-refractivity contribution < 1.29 is 4.79 Å². The topological polar surface area (TPSA) is 69.0 Å². The summed E-state index contributed by atoms with van der Waals surface area (Å²) in [7, 11) is 0. The minimum Gasteiger partial charge on any atom is -0.367 e. The second kappa shape index (κ2) is 10.3. The zero-order chi connectivity index (χ0) is 23.0. The number of aromatic nitrogens is 1. The number of anilines is 2. The van der Waals surface area contributed by atoms with Crippen molar-refractivity contribution in [3.05, 3.63) is 108 Å². The summed E-state index contributed by atoms with van der Waals surface area (Å²) in [5.41, 5.74) is 4.58. The molecule has 0 unspecified atom stereocenters. The first-order valence-electron chi connectivity index (χ1n) is 10.8. The highest BCUT2D eigenvalue weighted by atomic mass is 16.1. The van der Waals surface area contributed by atoms with Crippen LogP contribution in [0.2, 0.25) is 0 Å². The predicted molar refractivity (Wildman–Crippen MR) is 134 cm³/mol. The summed E-state index contributed by atoms with van der Waals surface area (Å²) in [4.78, 5) is 19.4. The molecule has 3 aromatic carbocycles. The standard InChI is InChI=1S/C28H24N4O/c1-2-32(20-22-8-4-3-5-9-22)24-15-13-21(14-16-24)18-23(19-29)28(33)31-27-12-6-11-26-25(27)10-7-17-30-26/h3-18H,2,20H2,1H3,(H,31,33)/b23-18+. The van der Waals surface area contributed by atoms with Crippen LogP contribution in [0.15, 0.2) is 96.7 Å². The first-order chi connectivity index (χ1) is 16.2. The Kier molecular flexibility index (Phi) is 6.77. The molecule has 162 valence electrons. The molecule has 5 nitrogen and oxygen atoms in total. The third-order valence-corrected chi connectivity index (χ3v) is 5.43. The quantitative estimate of drug-likeness (QED) is 0.296. The van der Waals surface area contributed by atoms with E-state index in [1.165, 1.54) is 5.56 Å². The van der Waals surface area contributed by atoms with Crippen molar-refractivity contribution >= 4 is 34.3 Å². The third kappa shape index (κ3) is 5.25. The minimum absolute atomic E-state index is 0.0419. The zero-order valence-electron chi connectivity index (χ0n) is 18.4. The van der Waals surface area contributed by atoms with Gasteiger partial charge in [-0.3, -0.25) is 9.78 Å². The molecule has 1 aromatic heterocycles. The van der Waals surface area contributed by atoms with E-state index in [0.717, 1.165) is 35.2 Å². The molecule has 1 amide bonds. The van der Waals surface area contributed by atoms with Gasteiger partial charge in [0.2, 0.25) is 0 Å². The van der Waals surface area contributed by atoms with Gasteiger partial charge in [-0.1, -0.05) is 48.5 Å². The van der Waals surface area contributed by atoms with Crippen LogP contribution in [-0.4, -0.2) is 17.4 Å². The van der Waals surface area contributed by atoms with Crippen molar-refractivity contribution in [1.82, 2.24) is 4.98 Å². The number of pyridine rings is 1. The molecule has 0 spiro atoms. The van der Waals surface area contributed by atoms with Crippen LogP contribution in [-0.2, 0) is 11.3 Å². The van der Waals surface area contributed by atoms with Gasteiger partial charge in [-0.05, 0) is 60.5 Å². The summed E-state index contributed by atoms with van der Waals surface area (Å²) in [5, 5.41) is 13.3. The molecule has 0 fully saturated rings. The molecule has 1 N–H and O–H groups in total. The Morgan fingerprint density at radius 1 is 1.00 bits per heavy atom. The highest BCUT2D eigenvalue weighted by Crippen LogP contribution is 2.23. The molecule has 0 radical (unpaired) electrons. The molecule has 0 saturated heterocycles. The highest BCUT2D eigenvalue weighted by Gasteiger charge is 2.12. The number of benzene rings is 3. The molecule has 0 aliphatic rings. The number of nitrogens with zero attached hydrogens (tertiary/aromatic N) is 3. The summed E-state index contributed by atoms with van der Waals surface area (Å²) >= 11 is 0. The molecule has 0 saturated carbocycles. The van der Waals surface area contributed by atoms with Crippen LogP contribution in [0.25, 0.3) is 17.0 Å². The number of hydrogen-bond donors (Lipinski definition) is 1.